The Morgan fingerprint density at radius 3 is 2.26 bits per heavy atom. The van der Waals surface area contributed by atoms with Crippen LogP contribution in [-0.2, 0) is 10.0 Å². The van der Waals surface area contributed by atoms with Gasteiger partial charge in [0.25, 0.3) is 0 Å². The van der Waals surface area contributed by atoms with Gasteiger partial charge in [-0.2, -0.15) is 0 Å². The first-order valence-electron chi connectivity index (χ1n) is 5.43. The fraction of sp³-hybridized carbons (Fsp3) is 0.0769. The standard InChI is InChI=1S/C13H12ClNO3S/c1-9-2-4-10(5-3-9)18-13-7-6-11(8-12(13)14)19(15,16)17/h2-8H,1H3,(H2,15,16,17). The number of hydrogen-bond donors (Lipinski definition) is 1. The Kier molecular flexibility index (Phi) is 3.80. The molecule has 0 heterocycles. The average Bonchev–Trinajstić information content (AvgIpc) is 2.33. The Balaban J connectivity index is 2.29. The first-order chi connectivity index (χ1) is 8.86. The second-order valence-corrected chi connectivity index (χ2v) is 6.02. The van der Waals surface area contributed by atoms with Crippen LogP contribution in [-0.4, -0.2) is 8.42 Å². The molecule has 0 amide bonds. The van der Waals surface area contributed by atoms with Gasteiger partial charge in [-0.05, 0) is 37.3 Å². The number of benzene rings is 2. The lowest BCUT2D eigenvalue weighted by Crippen LogP contribution is -2.11. The third-order valence-corrected chi connectivity index (χ3v) is 3.69. The second-order valence-electron chi connectivity index (χ2n) is 4.05. The Morgan fingerprint density at radius 2 is 1.74 bits per heavy atom. The Morgan fingerprint density at radius 1 is 1.11 bits per heavy atom. The zero-order valence-electron chi connectivity index (χ0n) is 10.1. The molecular weight excluding hydrogens is 286 g/mol. The minimum Gasteiger partial charge on any atom is -0.456 e. The van der Waals surface area contributed by atoms with Crippen molar-refractivity contribution in [2.24, 2.45) is 5.14 Å². The monoisotopic (exact) mass is 297 g/mol. The number of nitrogens with two attached hydrogens (primary N) is 1. The summed E-state index contributed by atoms with van der Waals surface area (Å²) in [5.74, 6) is 0.994. The number of hydrogen-bond acceptors (Lipinski definition) is 3. The number of rotatable bonds is 3. The van der Waals surface area contributed by atoms with E-state index in [-0.39, 0.29) is 9.92 Å². The Hall–Kier alpha value is -1.56. The first-order valence-corrected chi connectivity index (χ1v) is 7.35. The molecule has 0 aliphatic rings. The molecule has 4 nitrogen and oxygen atoms in total. The highest BCUT2D eigenvalue weighted by molar-refractivity contribution is 7.89. The summed E-state index contributed by atoms with van der Waals surface area (Å²) in [4.78, 5) is -0.0474. The third-order valence-electron chi connectivity index (χ3n) is 2.48. The summed E-state index contributed by atoms with van der Waals surface area (Å²) in [7, 11) is -3.76. The fourth-order valence-corrected chi connectivity index (χ4v) is 2.30. The SMILES string of the molecule is Cc1ccc(Oc2ccc(S(N)(=O)=O)cc2Cl)cc1. The van der Waals surface area contributed by atoms with Crippen molar-refractivity contribution in [3.63, 3.8) is 0 Å². The van der Waals surface area contributed by atoms with Crippen molar-refractivity contribution in [2.75, 3.05) is 0 Å². The van der Waals surface area contributed by atoms with Gasteiger partial charge in [0.2, 0.25) is 10.0 Å². The maximum absolute atomic E-state index is 11.2. The summed E-state index contributed by atoms with van der Waals surface area (Å²) in [6.45, 7) is 1.97. The molecule has 0 radical (unpaired) electrons. The van der Waals surface area contributed by atoms with Crippen LogP contribution in [0.5, 0.6) is 11.5 Å². The maximum atomic E-state index is 11.2. The van der Waals surface area contributed by atoms with Crippen LogP contribution in [0.4, 0.5) is 0 Å². The lowest BCUT2D eigenvalue weighted by atomic mass is 10.2. The fourth-order valence-electron chi connectivity index (χ4n) is 1.47. The molecule has 0 spiro atoms. The van der Waals surface area contributed by atoms with Crippen molar-refractivity contribution in [1.82, 2.24) is 0 Å². The molecule has 0 aromatic heterocycles. The van der Waals surface area contributed by atoms with E-state index in [1.54, 1.807) is 12.1 Å². The number of aryl methyl sites for hydroxylation is 1. The van der Waals surface area contributed by atoms with Gasteiger partial charge in [-0.15, -0.1) is 0 Å². The lowest BCUT2D eigenvalue weighted by Gasteiger charge is -2.08. The number of ether oxygens (including phenoxy) is 1. The van der Waals surface area contributed by atoms with E-state index in [4.69, 9.17) is 21.5 Å². The van der Waals surface area contributed by atoms with E-state index >= 15 is 0 Å². The molecule has 0 aliphatic carbocycles. The molecule has 0 fully saturated rings. The summed E-state index contributed by atoms with van der Waals surface area (Å²) in [6, 6.07) is 11.5. The smallest absolute Gasteiger partial charge is 0.238 e. The van der Waals surface area contributed by atoms with Crippen LogP contribution in [0.3, 0.4) is 0 Å². The van der Waals surface area contributed by atoms with E-state index in [0.717, 1.165) is 5.56 Å². The van der Waals surface area contributed by atoms with Crippen molar-refractivity contribution < 1.29 is 13.2 Å². The molecule has 0 saturated heterocycles. The number of halogens is 1. The van der Waals surface area contributed by atoms with Gasteiger partial charge in [0.05, 0.1) is 9.92 Å². The van der Waals surface area contributed by atoms with E-state index in [1.807, 2.05) is 19.1 Å². The molecule has 100 valence electrons. The van der Waals surface area contributed by atoms with Crippen LogP contribution in [0.25, 0.3) is 0 Å². The normalized spacial score (nSPS) is 11.3. The predicted molar refractivity (Wildman–Crippen MR) is 74.1 cm³/mol. The van der Waals surface area contributed by atoms with Crippen molar-refractivity contribution in [3.05, 3.63) is 53.1 Å². The Labute approximate surface area is 116 Å². The molecule has 2 aromatic rings. The molecule has 6 heteroatoms. The first kappa shape index (κ1) is 13.9. The van der Waals surface area contributed by atoms with E-state index in [0.29, 0.717) is 11.5 Å². The summed E-state index contributed by atoms with van der Waals surface area (Å²) in [6.07, 6.45) is 0. The number of primary sulfonamides is 1. The van der Waals surface area contributed by atoms with Crippen LogP contribution in [0.15, 0.2) is 47.4 Å². The van der Waals surface area contributed by atoms with Crippen molar-refractivity contribution in [3.8, 4) is 11.5 Å². The zero-order valence-corrected chi connectivity index (χ0v) is 11.7. The van der Waals surface area contributed by atoms with Gasteiger partial charge in [0.1, 0.15) is 11.5 Å². The largest absolute Gasteiger partial charge is 0.456 e. The molecule has 0 bridgehead atoms. The molecule has 2 rings (SSSR count). The Bertz CT molecular complexity index is 696. The van der Waals surface area contributed by atoms with E-state index in [1.165, 1.54) is 18.2 Å². The third kappa shape index (κ3) is 3.47. The summed E-state index contributed by atoms with van der Waals surface area (Å²) in [5, 5.41) is 5.20. The van der Waals surface area contributed by atoms with Gasteiger partial charge < -0.3 is 4.74 Å². The van der Waals surface area contributed by atoms with Gasteiger partial charge in [0, 0.05) is 0 Å². The molecule has 19 heavy (non-hydrogen) atoms. The highest BCUT2D eigenvalue weighted by Crippen LogP contribution is 2.31. The minimum atomic E-state index is -3.76. The molecule has 2 aromatic carbocycles. The zero-order chi connectivity index (χ0) is 14.0. The van der Waals surface area contributed by atoms with Crippen LogP contribution < -0.4 is 9.88 Å². The maximum Gasteiger partial charge on any atom is 0.238 e. The molecular formula is C13H12ClNO3S. The molecule has 2 N–H and O–H groups in total. The van der Waals surface area contributed by atoms with E-state index < -0.39 is 10.0 Å². The van der Waals surface area contributed by atoms with Crippen LogP contribution in [0.1, 0.15) is 5.56 Å². The molecule has 0 aliphatic heterocycles. The van der Waals surface area contributed by atoms with E-state index in [2.05, 4.69) is 0 Å². The predicted octanol–water partition coefficient (Wildman–Crippen LogP) is 3.09. The quantitative estimate of drug-likeness (QED) is 0.946. The molecule has 0 atom stereocenters. The van der Waals surface area contributed by atoms with Crippen LogP contribution in [0, 0.1) is 6.92 Å². The van der Waals surface area contributed by atoms with E-state index in [9.17, 15) is 8.42 Å². The highest BCUT2D eigenvalue weighted by Gasteiger charge is 2.11. The summed E-state index contributed by atoms with van der Waals surface area (Å²) < 4.78 is 27.9. The van der Waals surface area contributed by atoms with Crippen LogP contribution >= 0.6 is 11.6 Å². The lowest BCUT2D eigenvalue weighted by molar-refractivity contribution is 0.482. The summed E-state index contributed by atoms with van der Waals surface area (Å²) in [5.41, 5.74) is 1.11. The van der Waals surface area contributed by atoms with Gasteiger partial charge in [-0.1, -0.05) is 29.3 Å². The van der Waals surface area contributed by atoms with Gasteiger partial charge in [0.15, 0.2) is 0 Å². The number of sulfonamides is 1. The van der Waals surface area contributed by atoms with Crippen molar-refractivity contribution >= 4 is 21.6 Å². The minimum absolute atomic E-state index is 0.0474. The summed E-state index contributed by atoms with van der Waals surface area (Å²) >= 11 is 5.97. The average molecular weight is 298 g/mol. The molecule has 0 saturated carbocycles. The van der Waals surface area contributed by atoms with Crippen molar-refractivity contribution in [1.29, 1.82) is 0 Å². The van der Waals surface area contributed by atoms with Crippen LogP contribution in [0.2, 0.25) is 5.02 Å². The molecule has 0 unspecified atom stereocenters. The second kappa shape index (κ2) is 5.21. The van der Waals surface area contributed by atoms with Gasteiger partial charge in [-0.3, -0.25) is 0 Å². The van der Waals surface area contributed by atoms with Crippen molar-refractivity contribution in [2.45, 2.75) is 11.8 Å². The van der Waals surface area contributed by atoms with Gasteiger partial charge >= 0.3 is 0 Å². The highest BCUT2D eigenvalue weighted by atomic mass is 35.5. The van der Waals surface area contributed by atoms with Gasteiger partial charge in [-0.25, -0.2) is 13.6 Å². The topological polar surface area (TPSA) is 69.4 Å².